The number of ether oxygens (including phenoxy) is 2. The lowest BCUT2D eigenvalue weighted by Gasteiger charge is -2.39. The Balaban J connectivity index is 1.23. The Morgan fingerprint density at radius 2 is 1.76 bits per heavy atom. The minimum Gasteiger partial charge on any atom is -0.353 e. The number of carbonyl (C=O) groups is 1. The maximum atomic E-state index is 12.6. The fourth-order valence-corrected chi connectivity index (χ4v) is 3.85. The van der Waals surface area contributed by atoms with Crippen LogP contribution in [-0.2, 0) is 14.3 Å². The molecule has 1 aromatic heterocycles. The molecule has 3 saturated heterocycles. The number of carbonyl (C=O) groups excluding carboxylic acids is 1. The van der Waals surface area contributed by atoms with E-state index in [1.54, 1.807) is 0 Å². The summed E-state index contributed by atoms with van der Waals surface area (Å²) in [6.07, 6.45) is 3.52. The first-order valence-electron chi connectivity index (χ1n) is 9.18. The third-order valence-electron chi connectivity index (χ3n) is 5.40. The zero-order chi connectivity index (χ0) is 17.1. The van der Waals surface area contributed by atoms with E-state index >= 15 is 0 Å². The molecular weight excluding hydrogens is 320 g/mol. The minimum absolute atomic E-state index is 0.227. The highest BCUT2D eigenvalue weighted by molar-refractivity contribution is 5.78. The predicted octanol–water partition coefficient (Wildman–Crippen LogP) is 0.569. The van der Waals surface area contributed by atoms with Crippen molar-refractivity contribution < 1.29 is 14.3 Å². The van der Waals surface area contributed by atoms with Crippen molar-refractivity contribution in [1.82, 2.24) is 14.8 Å². The van der Waals surface area contributed by atoms with Crippen molar-refractivity contribution in [2.75, 3.05) is 63.9 Å². The van der Waals surface area contributed by atoms with Crippen LogP contribution in [0.15, 0.2) is 24.4 Å². The van der Waals surface area contributed by atoms with E-state index in [0.717, 1.165) is 57.9 Å². The van der Waals surface area contributed by atoms with Crippen LogP contribution in [0.4, 0.5) is 5.82 Å². The smallest absolute Gasteiger partial charge is 0.236 e. The average Bonchev–Trinajstić information content (AvgIpc) is 3.13. The molecule has 7 heteroatoms. The van der Waals surface area contributed by atoms with E-state index in [1.165, 1.54) is 0 Å². The van der Waals surface area contributed by atoms with Crippen LogP contribution in [-0.4, -0.2) is 85.5 Å². The Morgan fingerprint density at radius 3 is 2.40 bits per heavy atom. The summed E-state index contributed by atoms with van der Waals surface area (Å²) >= 11 is 0. The summed E-state index contributed by atoms with van der Waals surface area (Å²) in [5.74, 6) is 0.853. The Morgan fingerprint density at radius 1 is 1.04 bits per heavy atom. The van der Waals surface area contributed by atoms with Crippen molar-refractivity contribution in [3.8, 4) is 0 Å². The van der Waals surface area contributed by atoms with Crippen LogP contribution in [0, 0.1) is 0 Å². The van der Waals surface area contributed by atoms with Crippen LogP contribution >= 0.6 is 0 Å². The van der Waals surface area contributed by atoms with Crippen LogP contribution in [0.25, 0.3) is 0 Å². The van der Waals surface area contributed by atoms with E-state index in [-0.39, 0.29) is 11.7 Å². The van der Waals surface area contributed by atoms with Crippen molar-refractivity contribution in [2.45, 2.75) is 18.6 Å². The summed E-state index contributed by atoms with van der Waals surface area (Å²) in [5.41, 5.74) is 0. The topological polar surface area (TPSA) is 58.1 Å². The van der Waals surface area contributed by atoms with Gasteiger partial charge in [-0.1, -0.05) is 6.07 Å². The number of hydrogen-bond donors (Lipinski definition) is 0. The van der Waals surface area contributed by atoms with E-state index in [2.05, 4.69) is 14.8 Å². The molecule has 3 fully saturated rings. The number of amides is 1. The SMILES string of the molecule is O=C(CN1CCC2(CC1)OCCO2)N1CCN(c2ccccn2)CC1. The van der Waals surface area contributed by atoms with Gasteiger partial charge in [-0.15, -0.1) is 0 Å². The molecule has 136 valence electrons. The first-order chi connectivity index (χ1) is 12.2. The molecule has 0 aliphatic carbocycles. The summed E-state index contributed by atoms with van der Waals surface area (Å²) in [4.78, 5) is 23.4. The molecule has 0 N–H and O–H groups in total. The summed E-state index contributed by atoms with van der Waals surface area (Å²) in [5, 5.41) is 0. The highest BCUT2D eigenvalue weighted by Crippen LogP contribution is 2.31. The first kappa shape index (κ1) is 16.8. The molecule has 0 radical (unpaired) electrons. The highest BCUT2D eigenvalue weighted by Gasteiger charge is 2.40. The van der Waals surface area contributed by atoms with Crippen molar-refractivity contribution in [1.29, 1.82) is 0 Å². The van der Waals surface area contributed by atoms with Crippen LogP contribution in [0.2, 0.25) is 0 Å². The molecular formula is C18H26N4O3. The second-order valence-electron chi connectivity index (χ2n) is 6.94. The highest BCUT2D eigenvalue weighted by atomic mass is 16.7. The van der Waals surface area contributed by atoms with Gasteiger partial charge in [0.25, 0.3) is 0 Å². The van der Waals surface area contributed by atoms with Crippen LogP contribution in [0.5, 0.6) is 0 Å². The molecule has 1 spiro atoms. The maximum Gasteiger partial charge on any atom is 0.236 e. The quantitative estimate of drug-likeness (QED) is 0.798. The molecule has 3 aliphatic rings. The average molecular weight is 346 g/mol. The second kappa shape index (κ2) is 7.27. The van der Waals surface area contributed by atoms with E-state index < -0.39 is 0 Å². The Hall–Kier alpha value is -1.70. The molecule has 7 nitrogen and oxygen atoms in total. The molecule has 4 rings (SSSR count). The molecule has 3 aliphatic heterocycles. The fourth-order valence-electron chi connectivity index (χ4n) is 3.85. The van der Waals surface area contributed by atoms with Crippen molar-refractivity contribution in [3.05, 3.63) is 24.4 Å². The van der Waals surface area contributed by atoms with Gasteiger partial charge >= 0.3 is 0 Å². The summed E-state index contributed by atoms with van der Waals surface area (Å²) in [6, 6.07) is 5.95. The maximum absolute atomic E-state index is 12.6. The minimum atomic E-state index is -0.367. The van der Waals surface area contributed by atoms with Crippen LogP contribution in [0.3, 0.4) is 0 Å². The van der Waals surface area contributed by atoms with Crippen LogP contribution < -0.4 is 4.90 Å². The van der Waals surface area contributed by atoms with E-state index in [9.17, 15) is 4.79 Å². The van der Waals surface area contributed by atoms with Crippen molar-refractivity contribution in [2.24, 2.45) is 0 Å². The fraction of sp³-hybridized carbons (Fsp3) is 0.667. The molecule has 25 heavy (non-hydrogen) atoms. The Kier molecular flexibility index (Phi) is 4.87. The largest absolute Gasteiger partial charge is 0.353 e. The number of piperidine rings is 1. The van der Waals surface area contributed by atoms with Crippen molar-refractivity contribution in [3.63, 3.8) is 0 Å². The number of pyridine rings is 1. The van der Waals surface area contributed by atoms with Gasteiger partial charge in [0.05, 0.1) is 19.8 Å². The van der Waals surface area contributed by atoms with Gasteiger partial charge in [-0.25, -0.2) is 4.98 Å². The Labute approximate surface area is 148 Å². The van der Waals surface area contributed by atoms with Gasteiger partial charge in [-0.2, -0.15) is 0 Å². The number of rotatable bonds is 3. The number of aromatic nitrogens is 1. The van der Waals surface area contributed by atoms with Gasteiger partial charge in [0.1, 0.15) is 5.82 Å². The van der Waals surface area contributed by atoms with Crippen molar-refractivity contribution >= 4 is 11.7 Å². The molecule has 1 amide bonds. The standard InChI is InChI=1S/C18H26N4O3/c23-17(15-20-7-4-18(5-8-20)24-13-14-25-18)22-11-9-21(10-12-22)16-3-1-2-6-19-16/h1-3,6H,4-5,7-15H2. The predicted molar refractivity (Wildman–Crippen MR) is 93.3 cm³/mol. The van der Waals surface area contributed by atoms with Crippen LogP contribution in [0.1, 0.15) is 12.8 Å². The molecule has 0 aromatic carbocycles. The number of anilines is 1. The van der Waals surface area contributed by atoms with Gasteiger partial charge in [0.2, 0.25) is 5.91 Å². The molecule has 0 unspecified atom stereocenters. The lowest BCUT2D eigenvalue weighted by atomic mass is 10.0. The zero-order valence-electron chi connectivity index (χ0n) is 14.6. The zero-order valence-corrected chi connectivity index (χ0v) is 14.6. The normalized spacial score (nSPS) is 24.0. The summed E-state index contributed by atoms with van der Waals surface area (Å²) in [7, 11) is 0. The number of hydrogen-bond acceptors (Lipinski definition) is 6. The Bertz CT molecular complexity index is 573. The summed E-state index contributed by atoms with van der Waals surface area (Å²) in [6.45, 7) is 6.82. The second-order valence-corrected chi connectivity index (χ2v) is 6.94. The van der Waals surface area contributed by atoms with E-state index in [4.69, 9.17) is 9.47 Å². The van der Waals surface area contributed by atoms with Gasteiger partial charge < -0.3 is 19.3 Å². The first-order valence-corrected chi connectivity index (χ1v) is 9.18. The molecule has 0 saturated carbocycles. The lowest BCUT2D eigenvalue weighted by Crippen LogP contribution is -2.53. The van der Waals surface area contributed by atoms with Gasteiger partial charge in [-0.3, -0.25) is 9.69 Å². The van der Waals surface area contributed by atoms with Gasteiger partial charge in [-0.05, 0) is 12.1 Å². The summed E-state index contributed by atoms with van der Waals surface area (Å²) < 4.78 is 11.5. The number of likely N-dealkylation sites (tertiary alicyclic amines) is 1. The van der Waals surface area contributed by atoms with Gasteiger partial charge in [0.15, 0.2) is 5.79 Å². The molecule has 0 bridgehead atoms. The third kappa shape index (κ3) is 3.78. The number of piperazine rings is 1. The number of nitrogens with zero attached hydrogens (tertiary/aromatic N) is 4. The molecule has 0 atom stereocenters. The van der Waals surface area contributed by atoms with E-state index in [1.807, 2.05) is 29.3 Å². The third-order valence-corrected chi connectivity index (χ3v) is 5.40. The lowest BCUT2D eigenvalue weighted by molar-refractivity contribution is -0.186. The molecule has 4 heterocycles. The monoisotopic (exact) mass is 346 g/mol. The molecule has 1 aromatic rings. The van der Waals surface area contributed by atoms with E-state index in [0.29, 0.717) is 19.8 Å². The van der Waals surface area contributed by atoms with Gasteiger partial charge in [0, 0.05) is 58.3 Å².